The highest BCUT2D eigenvalue weighted by Crippen LogP contribution is 2.01. The van der Waals surface area contributed by atoms with Crippen LogP contribution in [0.4, 0.5) is 4.79 Å². The molecular weight excluding hydrogens is 252 g/mol. The summed E-state index contributed by atoms with van der Waals surface area (Å²) in [7, 11) is 1.54. The number of imide groups is 1. The van der Waals surface area contributed by atoms with Crippen molar-refractivity contribution < 1.29 is 24.2 Å². The summed E-state index contributed by atoms with van der Waals surface area (Å²) in [6.45, 7) is 4.47. The fourth-order valence-corrected chi connectivity index (χ4v) is 1.64. The Morgan fingerprint density at radius 1 is 1.32 bits per heavy atom. The molecule has 0 fully saturated rings. The lowest BCUT2D eigenvalue weighted by Gasteiger charge is -2.27. The minimum atomic E-state index is -0.956. The monoisotopic (exact) mass is 274 g/mol. The number of urea groups is 1. The average molecular weight is 274 g/mol. The smallest absolute Gasteiger partial charge is 0.324 e. The highest BCUT2D eigenvalue weighted by molar-refractivity contribution is 5.94. The predicted octanol–water partition coefficient (Wildman–Crippen LogP) is 0.834. The summed E-state index contributed by atoms with van der Waals surface area (Å²) >= 11 is 0. The molecule has 0 aromatic rings. The van der Waals surface area contributed by atoms with E-state index in [0.717, 1.165) is 0 Å². The van der Waals surface area contributed by atoms with Crippen LogP contribution < -0.4 is 5.32 Å². The molecule has 0 saturated heterocycles. The second kappa shape index (κ2) is 9.32. The van der Waals surface area contributed by atoms with Crippen molar-refractivity contribution >= 4 is 17.9 Å². The number of methoxy groups -OCH3 is 1. The number of hydrogen-bond donors (Lipinski definition) is 2. The van der Waals surface area contributed by atoms with E-state index in [1.807, 2.05) is 6.92 Å². The van der Waals surface area contributed by atoms with Crippen LogP contribution in [0.1, 0.15) is 33.1 Å². The normalized spacial score (nSPS) is 11.7. The molecule has 0 aromatic heterocycles. The molecule has 0 aliphatic carbocycles. The Bertz CT molecular complexity index is 319. The number of carboxylic acids is 1. The van der Waals surface area contributed by atoms with E-state index in [0.29, 0.717) is 13.2 Å². The molecule has 0 rings (SSSR count). The molecule has 0 spiro atoms. The largest absolute Gasteiger partial charge is 0.481 e. The number of rotatable bonds is 8. The lowest BCUT2D eigenvalue weighted by Crippen LogP contribution is -2.48. The number of carbonyl (C=O) groups is 3. The highest BCUT2D eigenvalue weighted by atomic mass is 16.5. The third-order valence-corrected chi connectivity index (χ3v) is 2.58. The Labute approximate surface area is 112 Å². The van der Waals surface area contributed by atoms with Gasteiger partial charge in [-0.1, -0.05) is 0 Å². The first-order chi connectivity index (χ1) is 8.92. The molecule has 1 atom stereocenters. The lowest BCUT2D eigenvalue weighted by molar-refractivity contribution is -0.137. The molecule has 110 valence electrons. The highest BCUT2D eigenvalue weighted by Gasteiger charge is 2.20. The van der Waals surface area contributed by atoms with E-state index in [-0.39, 0.29) is 25.3 Å². The van der Waals surface area contributed by atoms with Crippen LogP contribution in [0.3, 0.4) is 0 Å². The fraction of sp³-hybridized carbons (Fsp3) is 0.750. The molecule has 0 radical (unpaired) electrons. The number of aliphatic carboxylic acids is 1. The van der Waals surface area contributed by atoms with Gasteiger partial charge in [-0.25, -0.2) is 4.79 Å². The molecule has 7 nitrogen and oxygen atoms in total. The standard InChI is InChI=1S/C12H22N2O5/c1-4-14(9(2)8-19-3)12(18)13-10(15)6-5-7-11(16)17/h9H,4-8H2,1-3H3,(H,16,17)(H,13,15,18). The van der Waals surface area contributed by atoms with Gasteiger partial charge in [0.25, 0.3) is 0 Å². The zero-order valence-corrected chi connectivity index (χ0v) is 11.6. The predicted molar refractivity (Wildman–Crippen MR) is 68.7 cm³/mol. The van der Waals surface area contributed by atoms with Gasteiger partial charge in [-0.3, -0.25) is 14.9 Å². The van der Waals surface area contributed by atoms with Crippen molar-refractivity contribution in [1.29, 1.82) is 0 Å². The molecule has 7 heteroatoms. The quantitative estimate of drug-likeness (QED) is 0.683. The van der Waals surface area contributed by atoms with E-state index in [1.54, 1.807) is 14.0 Å². The van der Waals surface area contributed by atoms with Gasteiger partial charge >= 0.3 is 12.0 Å². The van der Waals surface area contributed by atoms with Crippen molar-refractivity contribution in [3.05, 3.63) is 0 Å². The molecule has 0 heterocycles. The maximum Gasteiger partial charge on any atom is 0.324 e. The Morgan fingerprint density at radius 3 is 2.42 bits per heavy atom. The Morgan fingerprint density at radius 2 is 1.95 bits per heavy atom. The zero-order chi connectivity index (χ0) is 14.8. The molecular formula is C12H22N2O5. The van der Waals surface area contributed by atoms with Gasteiger partial charge in [0.2, 0.25) is 5.91 Å². The molecule has 0 bridgehead atoms. The van der Waals surface area contributed by atoms with Crippen molar-refractivity contribution in [2.45, 2.75) is 39.2 Å². The van der Waals surface area contributed by atoms with E-state index in [1.165, 1.54) is 4.90 Å². The van der Waals surface area contributed by atoms with Crippen LogP contribution in [0.15, 0.2) is 0 Å². The third-order valence-electron chi connectivity index (χ3n) is 2.58. The summed E-state index contributed by atoms with van der Waals surface area (Å²) in [5, 5.41) is 10.7. The Balaban J connectivity index is 4.17. The molecule has 3 amide bonds. The van der Waals surface area contributed by atoms with E-state index < -0.39 is 17.9 Å². The topological polar surface area (TPSA) is 95.9 Å². The second-order valence-electron chi connectivity index (χ2n) is 4.19. The van der Waals surface area contributed by atoms with Crippen LogP contribution in [-0.4, -0.2) is 54.2 Å². The van der Waals surface area contributed by atoms with Gasteiger partial charge in [0.15, 0.2) is 0 Å². The molecule has 0 aliphatic rings. The number of ether oxygens (including phenoxy) is 1. The number of hydrogen-bond acceptors (Lipinski definition) is 4. The maximum absolute atomic E-state index is 11.8. The summed E-state index contributed by atoms with van der Waals surface area (Å²) < 4.78 is 4.96. The van der Waals surface area contributed by atoms with Gasteiger partial charge in [-0.15, -0.1) is 0 Å². The Kier molecular flexibility index (Phi) is 8.52. The van der Waals surface area contributed by atoms with Crippen molar-refractivity contribution in [3.8, 4) is 0 Å². The van der Waals surface area contributed by atoms with Gasteiger partial charge < -0.3 is 14.7 Å². The van der Waals surface area contributed by atoms with Crippen molar-refractivity contribution in [3.63, 3.8) is 0 Å². The van der Waals surface area contributed by atoms with Crippen LogP contribution in [0.25, 0.3) is 0 Å². The zero-order valence-electron chi connectivity index (χ0n) is 11.6. The van der Waals surface area contributed by atoms with Crippen LogP contribution in [-0.2, 0) is 14.3 Å². The number of amides is 3. The summed E-state index contributed by atoms with van der Waals surface area (Å²) in [5.41, 5.74) is 0. The maximum atomic E-state index is 11.8. The van der Waals surface area contributed by atoms with Gasteiger partial charge in [-0.05, 0) is 20.3 Å². The molecule has 1 unspecified atom stereocenters. The van der Waals surface area contributed by atoms with E-state index >= 15 is 0 Å². The van der Waals surface area contributed by atoms with Crippen LogP contribution in [0, 0.1) is 0 Å². The molecule has 0 aromatic carbocycles. The molecule has 2 N–H and O–H groups in total. The first kappa shape index (κ1) is 17.4. The minimum Gasteiger partial charge on any atom is -0.481 e. The van der Waals surface area contributed by atoms with E-state index in [9.17, 15) is 14.4 Å². The number of nitrogens with zero attached hydrogens (tertiary/aromatic N) is 1. The van der Waals surface area contributed by atoms with Crippen molar-refractivity contribution in [1.82, 2.24) is 10.2 Å². The lowest BCUT2D eigenvalue weighted by atomic mass is 10.2. The molecule has 0 saturated carbocycles. The number of carbonyl (C=O) groups excluding carboxylic acids is 2. The van der Waals surface area contributed by atoms with Gasteiger partial charge in [0.1, 0.15) is 0 Å². The van der Waals surface area contributed by atoms with Gasteiger partial charge in [0, 0.05) is 26.5 Å². The van der Waals surface area contributed by atoms with Gasteiger partial charge in [0.05, 0.1) is 12.6 Å². The summed E-state index contributed by atoms with van der Waals surface area (Å²) in [6.07, 6.45) is 0.154. The summed E-state index contributed by atoms with van der Waals surface area (Å²) in [4.78, 5) is 35.1. The first-order valence-electron chi connectivity index (χ1n) is 6.23. The van der Waals surface area contributed by atoms with Crippen LogP contribution in [0.5, 0.6) is 0 Å². The summed E-state index contributed by atoms with van der Waals surface area (Å²) in [6, 6.07) is -0.616. The third kappa shape index (κ3) is 7.40. The summed E-state index contributed by atoms with van der Waals surface area (Å²) in [5.74, 6) is -1.42. The van der Waals surface area contributed by atoms with E-state index in [4.69, 9.17) is 9.84 Å². The van der Waals surface area contributed by atoms with E-state index in [2.05, 4.69) is 5.32 Å². The number of nitrogens with one attached hydrogen (secondary N) is 1. The fourth-order valence-electron chi connectivity index (χ4n) is 1.64. The SMILES string of the molecule is CCN(C(=O)NC(=O)CCCC(=O)O)C(C)COC. The number of carboxylic acid groups (broad SMARTS) is 1. The molecule has 19 heavy (non-hydrogen) atoms. The second-order valence-corrected chi connectivity index (χ2v) is 4.19. The first-order valence-corrected chi connectivity index (χ1v) is 6.23. The average Bonchev–Trinajstić information content (AvgIpc) is 2.29. The number of likely N-dealkylation sites (N-methyl/N-ethyl adjacent to an activating group) is 1. The Hall–Kier alpha value is -1.63. The minimum absolute atomic E-state index is 0.0221. The van der Waals surface area contributed by atoms with Crippen LogP contribution in [0.2, 0.25) is 0 Å². The van der Waals surface area contributed by atoms with Crippen molar-refractivity contribution in [2.24, 2.45) is 0 Å². The van der Waals surface area contributed by atoms with Crippen LogP contribution >= 0.6 is 0 Å². The van der Waals surface area contributed by atoms with Gasteiger partial charge in [-0.2, -0.15) is 0 Å². The molecule has 0 aliphatic heterocycles. The van der Waals surface area contributed by atoms with Crippen molar-refractivity contribution in [2.75, 3.05) is 20.3 Å².